The molecule has 1 aromatic carbocycles. The third-order valence-electron chi connectivity index (χ3n) is 4.95. The number of amides is 1. The Kier molecular flexibility index (Phi) is 4.56. The first-order valence-corrected chi connectivity index (χ1v) is 9.06. The zero-order valence-corrected chi connectivity index (χ0v) is 14.9. The van der Waals surface area contributed by atoms with Crippen LogP contribution in [0.15, 0.2) is 61.2 Å². The van der Waals surface area contributed by atoms with E-state index in [1.54, 1.807) is 10.9 Å². The lowest BCUT2D eigenvalue weighted by molar-refractivity contribution is -0.135. The van der Waals surface area contributed by atoms with Crippen molar-refractivity contribution in [2.45, 2.75) is 31.8 Å². The number of benzene rings is 1. The maximum Gasteiger partial charge on any atom is 0.252 e. The molecule has 1 fully saturated rings. The van der Waals surface area contributed by atoms with Gasteiger partial charge in [-0.05, 0) is 37.0 Å². The molecule has 4 rings (SSSR count). The summed E-state index contributed by atoms with van der Waals surface area (Å²) in [5, 5.41) is 8.79. The van der Waals surface area contributed by atoms with E-state index in [0.29, 0.717) is 6.54 Å². The predicted molar refractivity (Wildman–Crippen MR) is 98.6 cm³/mol. The molecule has 0 unspecified atom stereocenters. The van der Waals surface area contributed by atoms with Crippen molar-refractivity contribution in [3.8, 4) is 0 Å². The number of hydrogen-bond acceptors (Lipinski definition) is 3. The maximum absolute atomic E-state index is 13.4. The van der Waals surface area contributed by atoms with E-state index in [4.69, 9.17) is 0 Å². The third kappa shape index (κ3) is 3.27. The summed E-state index contributed by atoms with van der Waals surface area (Å²) in [5.74, 6) is 0.0912. The Bertz CT molecular complexity index is 855. The lowest BCUT2D eigenvalue weighted by atomic mass is 10.0. The number of rotatable bonds is 4. The topological polar surface area (TPSA) is 56.0 Å². The van der Waals surface area contributed by atoms with Crippen molar-refractivity contribution >= 4 is 5.91 Å². The van der Waals surface area contributed by atoms with Crippen LogP contribution in [-0.4, -0.2) is 43.5 Å². The monoisotopic (exact) mass is 349 g/mol. The molecule has 0 saturated carbocycles. The third-order valence-corrected chi connectivity index (χ3v) is 4.95. The number of aromatic nitrogens is 4. The van der Waals surface area contributed by atoms with Crippen molar-refractivity contribution in [3.05, 3.63) is 72.3 Å². The van der Waals surface area contributed by atoms with Gasteiger partial charge < -0.3 is 4.90 Å². The lowest BCUT2D eigenvalue weighted by Crippen LogP contribution is -2.44. The van der Waals surface area contributed by atoms with Crippen LogP contribution in [0.5, 0.6) is 0 Å². The summed E-state index contributed by atoms with van der Waals surface area (Å²) in [6, 6.07) is 11.5. The average molecular weight is 349 g/mol. The summed E-state index contributed by atoms with van der Waals surface area (Å²) in [6.07, 6.45) is 9.53. The first-order chi connectivity index (χ1) is 12.7. The van der Waals surface area contributed by atoms with Gasteiger partial charge in [0.25, 0.3) is 5.91 Å². The SMILES string of the molecule is Cc1cnn([C@@H]2CCCN(C(=O)[C@H](c3ccccc3)n3cccn3)C2)c1. The maximum atomic E-state index is 13.4. The minimum Gasteiger partial charge on any atom is -0.338 e. The van der Waals surface area contributed by atoms with Crippen molar-refractivity contribution in [2.75, 3.05) is 13.1 Å². The molecule has 0 radical (unpaired) electrons. The molecule has 1 amide bonds. The fraction of sp³-hybridized carbons (Fsp3) is 0.350. The summed E-state index contributed by atoms with van der Waals surface area (Å²) in [4.78, 5) is 15.4. The number of carbonyl (C=O) groups is 1. The smallest absolute Gasteiger partial charge is 0.252 e. The van der Waals surface area contributed by atoms with E-state index >= 15 is 0 Å². The number of nitrogens with zero attached hydrogens (tertiary/aromatic N) is 5. The molecule has 3 heterocycles. The summed E-state index contributed by atoms with van der Waals surface area (Å²) >= 11 is 0. The number of carbonyl (C=O) groups excluding carboxylic acids is 1. The van der Waals surface area contributed by atoms with Gasteiger partial charge in [0.2, 0.25) is 0 Å². The van der Waals surface area contributed by atoms with Gasteiger partial charge in [0.1, 0.15) is 0 Å². The van der Waals surface area contributed by atoms with E-state index < -0.39 is 6.04 Å². The number of hydrogen-bond donors (Lipinski definition) is 0. The van der Waals surface area contributed by atoms with E-state index in [2.05, 4.69) is 16.4 Å². The number of likely N-dealkylation sites (tertiary alicyclic amines) is 1. The van der Waals surface area contributed by atoms with Gasteiger partial charge in [-0.25, -0.2) is 0 Å². The molecule has 6 heteroatoms. The minimum absolute atomic E-state index is 0.0912. The second kappa shape index (κ2) is 7.15. The van der Waals surface area contributed by atoms with Crippen LogP contribution in [0, 0.1) is 6.92 Å². The van der Waals surface area contributed by atoms with Crippen LogP contribution in [0.2, 0.25) is 0 Å². The lowest BCUT2D eigenvalue weighted by Gasteiger charge is -2.35. The van der Waals surface area contributed by atoms with Crippen LogP contribution in [0.3, 0.4) is 0 Å². The largest absolute Gasteiger partial charge is 0.338 e. The van der Waals surface area contributed by atoms with Crippen molar-refractivity contribution in [1.29, 1.82) is 0 Å². The molecule has 2 aromatic heterocycles. The normalized spacial score (nSPS) is 18.7. The van der Waals surface area contributed by atoms with Crippen LogP contribution in [-0.2, 0) is 4.79 Å². The molecule has 0 N–H and O–H groups in total. The zero-order valence-electron chi connectivity index (χ0n) is 14.9. The molecular formula is C20H23N5O. The first kappa shape index (κ1) is 16.6. The van der Waals surface area contributed by atoms with Gasteiger partial charge >= 0.3 is 0 Å². The number of aryl methyl sites for hydroxylation is 1. The van der Waals surface area contributed by atoms with E-state index in [1.807, 2.05) is 65.3 Å². The number of piperidine rings is 1. The highest BCUT2D eigenvalue weighted by Gasteiger charge is 2.32. The van der Waals surface area contributed by atoms with Crippen LogP contribution >= 0.6 is 0 Å². The van der Waals surface area contributed by atoms with Crippen molar-refractivity contribution < 1.29 is 4.79 Å². The Morgan fingerprint density at radius 1 is 1.19 bits per heavy atom. The molecule has 26 heavy (non-hydrogen) atoms. The Morgan fingerprint density at radius 3 is 2.73 bits per heavy atom. The molecule has 1 aliphatic heterocycles. The molecule has 0 aliphatic carbocycles. The Morgan fingerprint density at radius 2 is 2.04 bits per heavy atom. The molecule has 0 spiro atoms. The van der Waals surface area contributed by atoms with Crippen molar-refractivity contribution in [1.82, 2.24) is 24.5 Å². The molecule has 1 saturated heterocycles. The Hall–Kier alpha value is -2.89. The molecule has 6 nitrogen and oxygen atoms in total. The summed E-state index contributed by atoms with van der Waals surface area (Å²) in [7, 11) is 0. The van der Waals surface area contributed by atoms with Crippen LogP contribution in [0.1, 0.15) is 36.1 Å². The highest BCUT2D eigenvalue weighted by Crippen LogP contribution is 2.26. The van der Waals surface area contributed by atoms with E-state index in [0.717, 1.165) is 30.5 Å². The molecule has 2 atom stereocenters. The van der Waals surface area contributed by atoms with E-state index in [1.165, 1.54) is 0 Å². The highest BCUT2D eigenvalue weighted by atomic mass is 16.2. The van der Waals surface area contributed by atoms with Gasteiger partial charge in [-0.3, -0.25) is 14.2 Å². The van der Waals surface area contributed by atoms with Gasteiger partial charge in [-0.2, -0.15) is 10.2 Å². The summed E-state index contributed by atoms with van der Waals surface area (Å²) in [5.41, 5.74) is 2.10. The minimum atomic E-state index is -0.427. The van der Waals surface area contributed by atoms with Gasteiger partial charge in [0, 0.05) is 31.7 Å². The second-order valence-corrected chi connectivity index (χ2v) is 6.88. The van der Waals surface area contributed by atoms with Gasteiger partial charge in [0.15, 0.2) is 6.04 Å². The average Bonchev–Trinajstić information content (AvgIpc) is 3.35. The van der Waals surface area contributed by atoms with Crippen LogP contribution in [0.25, 0.3) is 0 Å². The van der Waals surface area contributed by atoms with Gasteiger partial charge in [0.05, 0.1) is 12.2 Å². The van der Waals surface area contributed by atoms with Gasteiger partial charge in [-0.1, -0.05) is 30.3 Å². The Labute approximate surface area is 153 Å². The fourth-order valence-electron chi connectivity index (χ4n) is 3.65. The zero-order chi connectivity index (χ0) is 17.9. The van der Waals surface area contributed by atoms with E-state index in [9.17, 15) is 4.79 Å². The molecule has 1 aliphatic rings. The van der Waals surface area contributed by atoms with Gasteiger partial charge in [-0.15, -0.1) is 0 Å². The standard InChI is InChI=1S/C20H23N5O/c1-16-13-22-25(14-16)18-9-5-11-23(15-18)20(26)19(24-12-6-10-21-24)17-7-3-2-4-8-17/h2-4,6-8,10,12-14,18-19H,5,9,11,15H2,1H3/t18-,19+/m1/s1. The van der Waals surface area contributed by atoms with Crippen molar-refractivity contribution in [3.63, 3.8) is 0 Å². The second-order valence-electron chi connectivity index (χ2n) is 6.88. The van der Waals surface area contributed by atoms with Crippen LogP contribution in [0.4, 0.5) is 0 Å². The molecule has 0 bridgehead atoms. The van der Waals surface area contributed by atoms with Crippen LogP contribution < -0.4 is 0 Å². The first-order valence-electron chi connectivity index (χ1n) is 9.06. The summed E-state index contributed by atoms with van der Waals surface area (Å²) < 4.78 is 3.75. The molecular weight excluding hydrogens is 326 g/mol. The summed E-state index contributed by atoms with van der Waals surface area (Å²) in [6.45, 7) is 3.50. The Balaban J connectivity index is 1.59. The van der Waals surface area contributed by atoms with E-state index in [-0.39, 0.29) is 11.9 Å². The fourth-order valence-corrected chi connectivity index (χ4v) is 3.65. The molecule has 3 aromatic rings. The van der Waals surface area contributed by atoms with Crippen molar-refractivity contribution in [2.24, 2.45) is 0 Å². The highest BCUT2D eigenvalue weighted by molar-refractivity contribution is 5.83. The quantitative estimate of drug-likeness (QED) is 0.728. The predicted octanol–water partition coefficient (Wildman–Crippen LogP) is 2.84. The molecule has 134 valence electrons.